The summed E-state index contributed by atoms with van der Waals surface area (Å²) in [5.41, 5.74) is 0.737. The van der Waals surface area contributed by atoms with Crippen LogP contribution < -0.4 is 5.32 Å². The fourth-order valence-electron chi connectivity index (χ4n) is 1.41. The summed E-state index contributed by atoms with van der Waals surface area (Å²) in [4.78, 5) is 12.7. The lowest BCUT2D eigenvalue weighted by molar-refractivity contribution is 0.163. The third-order valence-electron chi connectivity index (χ3n) is 2.23. The van der Waals surface area contributed by atoms with Gasteiger partial charge in [-0.3, -0.25) is 5.32 Å². The van der Waals surface area contributed by atoms with Crippen molar-refractivity contribution in [3.05, 3.63) is 51.1 Å². The number of carbonyl (C=O) groups is 1. The van der Waals surface area contributed by atoms with Gasteiger partial charge in [-0.2, -0.15) is 0 Å². The number of thiophene rings is 1. The number of para-hydroxylation sites is 1. The lowest BCUT2D eigenvalue weighted by Crippen LogP contribution is -2.14. The topological polar surface area (TPSA) is 38.3 Å². The number of halogens is 1. The second kappa shape index (κ2) is 6.56. The lowest BCUT2D eigenvalue weighted by Gasteiger charge is -2.05. The maximum absolute atomic E-state index is 11.5. The lowest BCUT2D eigenvalue weighted by atomic mass is 10.3. The van der Waals surface area contributed by atoms with Crippen LogP contribution in [0.2, 0.25) is 0 Å². The average Bonchev–Trinajstić information content (AvgIpc) is 2.76. The number of benzene rings is 1. The number of carbonyl (C=O) groups excluding carboxylic acids is 1. The van der Waals surface area contributed by atoms with Crippen LogP contribution >= 0.6 is 27.3 Å². The van der Waals surface area contributed by atoms with Crippen molar-refractivity contribution in [1.29, 1.82) is 0 Å². The molecule has 1 N–H and O–H groups in total. The van der Waals surface area contributed by atoms with Gasteiger partial charge in [0.2, 0.25) is 0 Å². The Hall–Kier alpha value is -1.33. The largest absolute Gasteiger partial charge is 0.449 e. The Morgan fingerprint density at radius 1 is 1.22 bits per heavy atom. The molecule has 94 valence electrons. The van der Waals surface area contributed by atoms with E-state index in [1.54, 1.807) is 11.3 Å². The molecule has 0 bridgehead atoms. The van der Waals surface area contributed by atoms with Gasteiger partial charge < -0.3 is 4.74 Å². The van der Waals surface area contributed by atoms with Crippen molar-refractivity contribution >= 4 is 39.0 Å². The molecule has 1 heterocycles. The second-order valence-corrected chi connectivity index (χ2v) is 6.13. The molecule has 0 fully saturated rings. The molecule has 1 aromatic carbocycles. The third-order valence-corrected chi connectivity index (χ3v) is 3.91. The van der Waals surface area contributed by atoms with Gasteiger partial charge in [0.15, 0.2) is 0 Å². The van der Waals surface area contributed by atoms with Gasteiger partial charge in [0, 0.05) is 17.0 Å². The van der Waals surface area contributed by atoms with E-state index in [0.717, 1.165) is 15.9 Å². The van der Waals surface area contributed by atoms with E-state index in [2.05, 4.69) is 21.2 Å². The van der Waals surface area contributed by atoms with Crippen molar-refractivity contribution < 1.29 is 9.53 Å². The van der Waals surface area contributed by atoms with Gasteiger partial charge in [-0.15, -0.1) is 11.3 Å². The van der Waals surface area contributed by atoms with Crippen LogP contribution in [0.4, 0.5) is 10.5 Å². The molecule has 0 aliphatic rings. The van der Waals surface area contributed by atoms with E-state index in [0.29, 0.717) is 6.61 Å². The summed E-state index contributed by atoms with van der Waals surface area (Å²) in [6.45, 7) is 0.381. The Morgan fingerprint density at radius 2 is 2.00 bits per heavy atom. The number of ether oxygens (including phenoxy) is 1. The van der Waals surface area contributed by atoms with Crippen LogP contribution in [-0.4, -0.2) is 12.7 Å². The number of hydrogen-bond donors (Lipinski definition) is 1. The molecule has 2 rings (SSSR count). The van der Waals surface area contributed by atoms with Gasteiger partial charge in [-0.05, 0) is 40.2 Å². The van der Waals surface area contributed by atoms with E-state index < -0.39 is 6.09 Å². The highest BCUT2D eigenvalue weighted by Crippen LogP contribution is 2.22. The van der Waals surface area contributed by atoms with Crippen molar-refractivity contribution in [2.24, 2.45) is 0 Å². The van der Waals surface area contributed by atoms with Crippen molar-refractivity contribution in [1.82, 2.24) is 0 Å². The number of hydrogen-bond acceptors (Lipinski definition) is 3. The molecule has 18 heavy (non-hydrogen) atoms. The zero-order valence-corrected chi connectivity index (χ0v) is 12.0. The van der Waals surface area contributed by atoms with Gasteiger partial charge >= 0.3 is 6.09 Å². The van der Waals surface area contributed by atoms with Crippen molar-refractivity contribution in [3.8, 4) is 0 Å². The zero-order valence-electron chi connectivity index (χ0n) is 9.56. The van der Waals surface area contributed by atoms with Crippen LogP contribution in [0.5, 0.6) is 0 Å². The minimum absolute atomic E-state index is 0.381. The van der Waals surface area contributed by atoms with E-state index in [1.807, 2.05) is 42.5 Å². The minimum atomic E-state index is -0.420. The minimum Gasteiger partial charge on any atom is -0.449 e. The number of anilines is 1. The standard InChI is InChI=1S/C13H12BrNO2S/c14-12-7-6-11(18-12)8-9-17-13(16)15-10-4-2-1-3-5-10/h1-7H,8-9H2,(H,15,16). The van der Waals surface area contributed by atoms with E-state index in [-0.39, 0.29) is 0 Å². The summed E-state index contributed by atoms with van der Waals surface area (Å²) in [5.74, 6) is 0. The molecule has 0 aliphatic carbocycles. The Morgan fingerprint density at radius 3 is 2.67 bits per heavy atom. The first-order valence-corrected chi connectivity index (χ1v) is 7.08. The summed E-state index contributed by atoms with van der Waals surface area (Å²) in [7, 11) is 0. The van der Waals surface area contributed by atoms with Crippen LogP contribution in [0.25, 0.3) is 0 Å². The Kier molecular flexibility index (Phi) is 4.78. The Labute approximate surface area is 118 Å². The highest BCUT2D eigenvalue weighted by molar-refractivity contribution is 9.11. The molecule has 0 atom stereocenters. The highest BCUT2D eigenvalue weighted by atomic mass is 79.9. The molecule has 0 aliphatic heterocycles. The summed E-state index contributed by atoms with van der Waals surface area (Å²) in [6, 6.07) is 13.3. The molecule has 0 radical (unpaired) electrons. The van der Waals surface area contributed by atoms with Gasteiger partial charge in [-0.1, -0.05) is 18.2 Å². The molecule has 5 heteroatoms. The van der Waals surface area contributed by atoms with Crippen LogP contribution in [0.15, 0.2) is 46.3 Å². The predicted octanol–water partition coefficient (Wildman–Crippen LogP) is 4.30. The highest BCUT2D eigenvalue weighted by Gasteiger charge is 2.03. The fourth-order valence-corrected chi connectivity index (χ4v) is 2.87. The van der Waals surface area contributed by atoms with Gasteiger partial charge in [0.05, 0.1) is 10.4 Å². The maximum atomic E-state index is 11.5. The smallest absolute Gasteiger partial charge is 0.411 e. The molecule has 0 saturated carbocycles. The molecular weight excluding hydrogens is 314 g/mol. The van der Waals surface area contributed by atoms with Crippen molar-refractivity contribution in [3.63, 3.8) is 0 Å². The number of nitrogens with one attached hydrogen (secondary N) is 1. The number of rotatable bonds is 4. The summed E-state index contributed by atoms with van der Waals surface area (Å²) < 4.78 is 6.19. The monoisotopic (exact) mass is 325 g/mol. The molecule has 0 unspecified atom stereocenters. The van der Waals surface area contributed by atoms with Crippen LogP contribution in [0.1, 0.15) is 4.88 Å². The first-order chi connectivity index (χ1) is 8.74. The quantitative estimate of drug-likeness (QED) is 0.910. The Balaban J connectivity index is 1.72. The van der Waals surface area contributed by atoms with Crippen LogP contribution in [-0.2, 0) is 11.2 Å². The molecule has 2 aromatic rings. The molecule has 3 nitrogen and oxygen atoms in total. The van der Waals surface area contributed by atoms with Crippen molar-refractivity contribution in [2.45, 2.75) is 6.42 Å². The third kappa shape index (κ3) is 4.16. The zero-order chi connectivity index (χ0) is 12.8. The first-order valence-electron chi connectivity index (χ1n) is 5.47. The van der Waals surface area contributed by atoms with E-state index in [4.69, 9.17) is 4.74 Å². The average molecular weight is 326 g/mol. The Bertz CT molecular complexity index is 513. The molecule has 0 spiro atoms. The molecular formula is C13H12BrNO2S. The molecule has 1 amide bonds. The number of amides is 1. The maximum Gasteiger partial charge on any atom is 0.411 e. The summed E-state index contributed by atoms with van der Waals surface area (Å²) >= 11 is 5.04. The molecule has 1 aromatic heterocycles. The first kappa shape index (κ1) is 13.1. The van der Waals surface area contributed by atoms with E-state index in [9.17, 15) is 4.79 Å². The molecule has 0 saturated heterocycles. The second-order valence-electron chi connectivity index (χ2n) is 3.58. The van der Waals surface area contributed by atoms with Gasteiger partial charge in [0.25, 0.3) is 0 Å². The van der Waals surface area contributed by atoms with Gasteiger partial charge in [-0.25, -0.2) is 4.79 Å². The summed E-state index contributed by atoms with van der Waals surface area (Å²) in [6.07, 6.45) is 0.315. The van der Waals surface area contributed by atoms with E-state index >= 15 is 0 Å². The van der Waals surface area contributed by atoms with E-state index in [1.165, 1.54) is 4.88 Å². The predicted molar refractivity (Wildman–Crippen MR) is 77.1 cm³/mol. The van der Waals surface area contributed by atoms with Gasteiger partial charge in [0.1, 0.15) is 0 Å². The van der Waals surface area contributed by atoms with Crippen molar-refractivity contribution in [2.75, 3.05) is 11.9 Å². The SMILES string of the molecule is O=C(Nc1ccccc1)OCCc1ccc(Br)s1. The summed E-state index contributed by atoms with van der Waals surface area (Å²) in [5, 5.41) is 2.67. The normalized spacial score (nSPS) is 10.1. The fraction of sp³-hybridized carbons (Fsp3) is 0.154. The van der Waals surface area contributed by atoms with Crippen LogP contribution in [0, 0.1) is 0 Å². The van der Waals surface area contributed by atoms with Crippen LogP contribution in [0.3, 0.4) is 0 Å².